The summed E-state index contributed by atoms with van der Waals surface area (Å²) in [6, 6.07) is 0. The molecule has 0 bridgehead atoms. The van der Waals surface area contributed by atoms with Crippen LogP contribution in [0.3, 0.4) is 0 Å². The molecule has 18 heavy (non-hydrogen) atoms. The molecule has 0 aliphatic carbocycles. The number of aromatic nitrogens is 1. The zero-order chi connectivity index (χ0) is 13.3. The first kappa shape index (κ1) is 12.6. The van der Waals surface area contributed by atoms with Gasteiger partial charge < -0.3 is 5.11 Å². The van der Waals surface area contributed by atoms with Crippen LogP contribution in [-0.4, -0.2) is 28.5 Å². The van der Waals surface area contributed by atoms with Gasteiger partial charge in [-0.3, -0.25) is 9.69 Å². The molecule has 2 rings (SSSR count). The van der Waals surface area contributed by atoms with Crippen LogP contribution in [0.5, 0.6) is 0 Å². The Bertz CT molecular complexity index is 544. The molecule has 1 fully saturated rings. The van der Waals surface area contributed by atoms with E-state index in [1.165, 1.54) is 4.90 Å². The van der Waals surface area contributed by atoms with Crippen LogP contribution >= 0.6 is 11.3 Å². The second kappa shape index (κ2) is 4.78. The number of anilines is 1. The molecule has 2 heterocycles. The number of carbonyl (C=O) groups excluding carboxylic acids is 1. The third-order valence-electron chi connectivity index (χ3n) is 2.81. The number of hydrogen-bond acceptors (Lipinski definition) is 4. The number of thiazole rings is 1. The largest absolute Gasteiger partial charge is 0.477 e. The van der Waals surface area contributed by atoms with Crippen LogP contribution in [0.15, 0.2) is 0 Å². The number of carbonyl (C=O) groups is 2. The van der Waals surface area contributed by atoms with Gasteiger partial charge in [-0.2, -0.15) is 0 Å². The number of aryl methyl sites for hydroxylation is 1. The summed E-state index contributed by atoms with van der Waals surface area (Å²) in [7, 11) is 0. The maximum Gasteiger partial charge on any atom is 0.347 e. The van der Waals surface area contributed by atoms with Crippen molar-refractivity contribution < 1.29 is 14.7 Å². The Labute approximate surface area is 108 Å². The van der Waals surface area contributed by atoms with Crippen molar-refractivity contribution in [2.45, 2.75) is 19.8 Å². The predicted octanol–water partition coefficient (Wildman–Crippen LogP) is 1.39. The third kappa shape index (κ3) is 2.09. The lowest BCUT2D eigenvalue weighted by Gasteiger charge is -2.10. The number of amides is 1. The van der Waals surface area contributed by atoms with E-state index in [1.807, 2.05) is 6.92 Å². The summed E-state index contributed by atoms with van der Waals surface area (Å²) in [5.41, 5.74) is 0.513. The molecule has 1 saturated heterocycles. The molecule has 94 valence electrons. The number of hydrogen-bond donors (Lipinski definition) is 1. The van der Waals surface area contributed by atoms with Crippen LogP contribution in [0.2, 0.25) is 0 Å². The van der Waals surface area contributed by atoms with Gasteiger partial charge in [-0.25, -0.2) is 9.78 Å². The fourth-order valence-corrected chi connectivity index (χ4v) is 2.89. The Morgan fingerprint density at radius 1 is 1.72 bits per heavy atom. The SMILES string of the molecule is C#CC1CC(=O)N(c2nc(CC)c(C(=O)O)s2)C1. The van der Waals surface area contributed by atoms with Gasteiger partial charge in [0.1, 0.15) is 4.88 Å². The lowest BCUT2D eigenvalue weighted by atomic mass is 10.1. The molecule has 1 unspecified atom stereocenters. The van der Waals surface area contributed by atoms with E-state index in [2.05, 4.69) is 10.9 Å². The van der Waals surface area contributed by atoms with E-state index < -0.39 is 5.97 Å². The maximum absolute atomic E-state index is 11.8. The van der Waals surface area contributed by atoms with E-state index in [9.17, 15) is 9.59 Å². The zero-order valence-electron chi connectivity index (χ0n) is 9.84. The van der Waals surface area contributed by atoms with E-state index in [0.717, 1.165) is 11.3 Å². The number of carboxylic acid groups (broad SMARTS) is 1. The second-order valence-corrected chi connectivity index (χ2v) is 4.98. The standard InChI is InChI=1S/C12H12N2O3S/c1-3-7-5-9(15)14(6-7)12-13-8(4-2)10(18-12)11(16)17/h1,7H,4-6H2,2H3,(H,16,17). The van der Waals surface area contributed by atoms with Crippen molar-refractivity contribution in [1.82, 2.24) is 4.98 Å². The van der Waals surface area contributed by atoms with E-state index in [0.29, 0.717) is 30.2 Å². The smallest absolute Gasteiger partial charge is 0.347 e. The minimum atomic E-state index is -1.00. The van der Waals surface area contributed by atoms with Gasteiger partial charge in [0.2, 0.25) is 5.91 Å². The zero-order valence-corrected chi connectivity index (χ0v) is 10.7. The van der Waals surface area contributed by atoms with E-state index >= 15 is 0 Å². The van der Waals surface area contributed by atoms with Gasteiger partial charge in [0, 0.05) is 18.9 Å². The molecule has 1 aromatic rings. The molecule has 1 aliphatic heterocycles. The number of rotatable bonds is 3. The lowest BCUT2D eigenvalue weighted by Crippen LogP contribution is -2.24. The highest BCUT2D eigenvalue weighted by Crippen LogP contribution is 2.31. The van der Waals surface area contributed by atoms with Gasteiger partial charge >= 0.3 is 5.97 Å². The molecular weight excluding hydrogens is 252 g/mol. The van der Waals surface area contributed by atoms with Gasteiger partial charge in [0.25, 0.3) is 0 Å². The molecule has 1 aromatic heterocycles. The van der Waals surface area contributed by atoms with Gasteiger partial charge in [0.05, 0.1) is 5.69 Å². The molecule has 5 nitrogen and oxygen atoms in total. The van der Waals surface area contributed by atoms with Crippen molar-refractivity contribution in [1.29, 1.82) is 0 Å². The first-order valence-electron chi connectivity index (χ1n) is 5.56. The highest BCUT2D eigenvalue weighted by atomic mass is 32.1. The third-order valence-corrected chi connectivity index (χ3v) is 3.92. The summed E-state index contributed by atoms with van der Waals surface area (Å²) in [5.74, 6) is 1.34. The molecule has 0 saturated carbocycles. The quantitative estimate of drug-likeness (QED) is 0.837. The first-order chi connectivity index (χ1) is 8.56. The van der Waals surface area contributed by atoms with Gasteiger partial charge in [-0.1, -0.05) is 18.3 Å². The number of nitrogens with zero attached hydrogens (tertiary/aromatic N) is 2. The second-order valence-electron chi connectivity index (χ2n) is 4.00. The van der Waals surface area contributed by atoms with Crippen molar-refractivity contribution >= 4 is 28.3 Å². The van der Waals surface area contributed by atoms with Gasteiger partial charge in [-0.15, -0.1) is 12.3 Å². The Morgan fingerprint density at radius 2 is 2.44 bits per heavy atom. The Kier molecular flexibility index (Phi) is 3.34. The van der Waals surface area contributed by atoms with Gasteiger partial charge in [0.15, 0.2) is 5.13 Å². The summed E-state index contributed by atoms with van der Waals surface area (Å²) in [6.45, 7) is 2.26. The minimum Gasteiger partial charge on any atom is -0.477 e. The normalized spacial score (nSPS) is 19.0. The molecule has 0 spiro atoms. The number of carboxylic acids is 1. The molecule has 1 atom stereocenters. The number of aromatic carboxylic acids is 1. The van der Waals surface area contributed by atoms with Crippen molar-refractivity contribution in [3.05, 3.63) is 10.6 Å². The average molecular weight is 264 g/mol. The Morgan fingerprint density at radius 3 is 2.89 bits per heavy atom. The summed E-state index contributed by atoms with van der Waals surface area (Å²) >= 11 is 1.03. The van der Waals surface area contributed by atoms with Crippen molar-refractivity contribution in [2.75, 3.05) is 11.4 Å². The first-order valence-corrected chi connectivity index (χ1v) is 6.38. The van der Waals surface area contributed by atoms with Crippen LogP contribution in [0.4, 0.5) is 5.13 Å². The van der Waals surface area contributed by atoms with Crippen molar-refractivity contribution in [3.8, 4) is 12.3 Å². The van der Waals surface area contributed by atoms with Crippen LogP contribution in [0.1, 0.15) is 28.7 Å². The molecular formula is C12H12N2O3S. The van der Waals surface area contributed by atoms with Gasteiger partial charge in [-0.05, 0) is 6.42 Å². The Balaban J connectivity index is 2.33. The summed E-state index contributed by atoms with van der Waals surface area (Å²) in [4.78, 5) is 28.7. The predicted molar refractivity (Wildman–Crippen MR) is 67.7 cm³/mol. The molecule has 1 N–H and O–H groups in total. The molecule has 0 radical (unpaired) electrons. The molecule has 1 aliphatic rings. The summed E-state index contributed by atoms with van der Waals surface area (Å²) in [6.07, 6.45) is 6.14. The van der Waals surface area contributed by atoms with E-state index in [-0.39, 0.29) is 16.7 Å². The van der Waals surface area contributed by atoms with Crippen LogP contribution in [-0.2, 0) is 11.2 Å². The number of terminal acetylenes is 1. The topological polar surface area (TPSA) is 70.5 Å². The van der Waals surface area contributed by atoms with Crippen molar-refractivity contribution in [3.63, 3.8) is 0 Å². The lowest BCUT2D eigenvalue weighted by molar-refractivity contribution is -0.117. The van der Waals surface area contributed by atoms with E-state index in [4.69, 9.17) is 11.5 Å². The summed E-state index contributed by atoms with van der Waals surface area (Å²) in [5, 5.41) is 9.49. The van der Waals surface area contributed by atoms with Crippen LogP contribution < -0.4 is 4.90 Å². The van der Waals surface area contributed by atoms with E-state index in [1.54, 1.807) is 0 Å². The molecule has 1 amide bonds. The molecule has 0 aromatic carbocycles. The molecule has 6 heteroatoms. The monoisotopic (exact) mass is 264 g/mol. The minimum absolute atomic E-state index is 0.0914. The fourth-order valence-electron chi connectivity index (χ4n) is 1.87. The summed E-state index contributed by atoms with van der Waals surface area (Å²) < 4.78 is 0. The highest BCUT2D eigenvalue weighted by molar-refractivity contribution is 7.17. The average Bonchev–Trinajstić information content (AvgIpc) is 2.91. The Hall–Kier alpha value is -1.87. The highest BCUT2D eigenvalue weighted by Gasteiger charge is 2.32. The van der Waals surface area contributed by atoms with Crippen LogP contribution in [0, 0.1) is 18.3 Å². The maximum atomic E-state index is 11.8. The van der Waals surface area contributed by atoms with Crippen molar-refractivity contribution in [2.24, 2.45) is 5.92 Å². The van der Waals surface area contributed by atoms with Crippen LogP contribution in [0.25, 0.3) is 0 Å². The fraction of sp³-hybridized carbons (Fsp3) is 0.417.